The maximum atomic E-state index is 12.2. The molecule has 1 unspecified atom stereocenters. The molecular weight excluding hydrogens is 364 g/mol. The lowest BCUT2D eigenvalue weighted by Gasteiger charge is -2.33. The van der Waals surface area contributed by atoms with Crippen LogP contribution in [0.15, 0.2) is 27.8 Å². The van der Waals surface area contributed by atoms with Crippen molar-refractivity contribution in [2.75, 3.05) is 39.0 Å². The second-order valence-corrected chi connectivity index (χ2v) is 10.8. The molecule has 1 saturated heterocycles. The summed E-state index contributed by atoms with van der Waals surface area (Å²) in [7, 11) is -1.46. The molecule has 7 nitrogen and oxygen atoms in total. The number of piperidine rings is 1. The molecule has 2 rings (SSSR count). The molecule has 1 aromatic heterocycles. The maximum Gasteiger partial charge on any atom is 0.191 e. The normalized spacial score (nSPS) is 18.3. The smallest absolute Gasteiger partial charge is 0.191 e. The topological polar surface area (TPSA) is 86.9 Å². The largest absolute Gasteiger partial charge is 0.468 e. The predicted octanol–water partition coefficient (Wildman–Crippen LogP) is 2.18. The number of likely N-dealkylation sites (tertiary alicyclic amines) is 1. The van der Waals surface area contributed by atoms with Gasteiger partial charge in [0.25, 0.3) is 0 Å². The average molecular weight is 399 g/mol. The van der Waals surface area contributed by atoms with Crippen molar-refractivity contribution < 1.29 is 12.8 Å². The lowest BCUT2D eigenvalue weighted by atomic mass is 10.1. The van der Waals surface area contributed by atoms with Gasteiger partial charge in [0.05, 0.1) is 22.8 Å². The molecule has 0 radical (unpaired) electrons. The van der Waals surface area contributed by atoms with Gasteiger partial charge in [-0.25, -0.2) is 8.42 Å². The summed E-state index contributed by atoms with van der Waals surface area (Å²) in [5.74, 6) is 1.62. The van der Waals surface area contributed by atoms with Gasteiger partial charge in [0.2, 0.25) is 0 Å². The molecule has 1 atom stereocenters. The summed E-state index contributed by atoms with van der Waals surface area (Å²) in [6.07, 6.45) is 5.39. The van der Waals surface area contributed by atoms with E-state index in [0.717, 1.165) is 18.8 Å². The van der Waals surface area contributed by atoms with Crippen molar-refractivity contribution in [1.29, 1.82) is 0 Å². The molecule has 2 heterocycles. The molecule has 1 fully saturated rings. The number of hydrogen-bond donors (Lipinski definition) is 2. The molecule has 27 heavy (non-hydrogen) atoms. The van der Waals surface area contributed by atoms with Crippen molar-refractivity contribution in [3.05, 3.63) is 24.2 Å². The first-order valence-corrected chi connectivity index (χ1v) is 11.3. The Bertz CT molecular complexity index is 687. The maximum absolute atomic E-state index is 12.2. The highest BCUT2D eigenvalue weighted by Crippen LogP contribution is 2.24. The zero-order chi connectivity index (χ0) is 19.9. The van der Waals surface area contributed by atoms with E-state index in [1.165, 1.54) is 19.3 Å². The highest BCUT2D eigenvalue weighted by Gasteiger charge is 2.28. The number of hydrogen-bond acceptors (Lipinski definition) is 5. The number of guanidine groups is 1. The van der Waals surface area contributed by atoms with Gasteiger partial charge < -0.3 is 15.1 Å². The predicted molar refractivity (Wildman–Crippen MR) is 110 cm³/mol. The third kappa shape index (κ3) is 6.24. The summed E-state index contributed by atoms with van der Waals surface area (Å²) in [4.78, 5) is 6.66. The van der Waals surface area contributed by atoms with E-state index < -0.39 is 14.6 Å². The van der Waals surface area contributed by atoms with Crippen molar-refractivity contribution in [2.24, 2.45) is 4.99 Å². The van der Waals surface area contributed by atoms with Crippen molar-refractivity contribution in [3.8, 4) is 0 Å². The molecular formula is C19H34N4O3S. The first-order chi connectivity index (χ1) is 12.7. The Kier molecular flexibility index (Phi) is 7.73. The molecule has 1 aliphatic rings. The summed E-state index contributed by atoms with van der Waals surface area (Å²) in [5.41, 5.74) is 0. The van der Waals surface area contributed by atoms with E-state index in [-0.39, 0.29) is 11.8 Å². The van der Waals surface area contributed by atoms with Gasteiger partial charge in [0, 0.05) is 20.1 Å². The van der Waals surface area contributed by atoms with Crippen LogP contribution in [0.5, 0.6) is 0 Å². The van der Waals surface area contributed by atoms with E-state index >= 15 is 0 Å². The molecule has 0 aliphatic carbocycles. The summed E-state index contributed by atoms with van der Waals surface area (Å²) in [6.45, 7) is 8.27. The second kappa shape index (κ2) is 9.59. The molecule has 1 aliphatic heterocycles. The third-order valence-corrected chi connectivity index (χ3v) is 7.59. The Labute approximate surface area is 163 Å². The summed E-state index contributed by atoms with van der Waals surface area (Å²) in [6, 6.07) is 4.06. The Morgan fingerprint density at radius 3 is 2.52 bits per heavy atom. The molecule has 0 amide bonds. The van der Waals surface area contributed by atoms with Crippen molar-refractivity contribution >= 4 is 15.8 Å². The van der Waals surface area contributed by atoms with Gasteiger partial charge >= 0.3 is 0 Å². The standard InChI is InChI=1S/C19H34N4O3S/c1-19(2,3)27(24,25)14-10-21-18(20-4)22-15-16(17-9-8-13-26-17)23-11-6-5-7-12-23/h8-9,13,16H,5-7,10-12,14-15H2,1-4H3,(H2,20,21,22). The first-order valence-electron chi connectivity index (χ1n) is 9.69. The van der Waals surface area contributed by atoms with Crippen LogP contribution in [0.4, 0.5) is 0 Å². The van der Waals surface area contributed by atoms with Gasteiger partial charge in [-0.05, 0) is 58.8 Å². The minimum atomic E-state index is -3.15. The van der Waals surface area contributed by atoms with Gasteiger partial charge in [0.15, 0.2) is 15.8 Å². The Hall–Kier alpha value is -1.54. The Morgan fingerprint density at radius 2 is 1.96 bits per heavy atom. The average Bonchev–Trinajstić information content (AvgIpc) is 3.14. The fourth-order valence-electron chi connectivity index (χ4n) is 3.14. The van der Waals surface area contributed by atoms with Crippen LogP contribution in [-0.4, -0.2) is 63.0 Å². The number of nitrogens with zero attached hydrogens (tertiary/aromatic N) is 2. The van der Waals surface area contributed by atoms with Crippen LogP contribution >= 0.6 is 0 Å². The SMILES string of the molecule is CN=C(NCCS(=O)(=O)C(C)(C)C)NCC(c1ccco1)N1CCCCC1. The number of aliphatic imine (C=N–C) groups is 1. The van der Waals surface area contributed by atoms with E-state index in [2.05, 4.69) is 20.5 Å². The molecule has 0 saturated carbocycles. The highest BCUT2D eigenvalue weighted by molar-refractivity contribution is 7.92. The molecule has 2 N–H and O–H groups in total. The minimum Gasteiger partial charge on any atom is -0.468 e. The Morgan fingerprint density at radius 1 is 1.26 bits per heavy atom. The zero-order valence-corrected chi connectivity index (χ0v) is 17.8. The number of sulfone groups is 1. The highest BCUT2D eigenvalue weighted by atomic mass is 32.2. The fraction of sp³-hybridized carbons (Fsp3) is 0.737. The first kappa shape index (κ1) is 21.8. The van der Waals surface area contributed by atoms with Crippen LogP contribution in [0.1, 0.15) is 51.8 Å². The van der Waals surface area contributed by atoms with E-state index in [0.29, 0.717) is 19.0 Å². The van der Waals surface area contributed by atoms with E-state index in [9.17, 15) is 8.42 Å². The fourth-order valence-corrected chi connectivity index (χ4v) is 4.13. The quantitative estimate of drug-likeness (QED) is 0.541. The van der Waals surface area contributed by atoms with Crippen LogP contribution in [0.3, 0.4) is 0 Å². The second-order valence-electron chi connectivity index (χ2n) is 7.94. The number of nitrogens with one attached hydrogen (secondary N) is 2. The molecule has 0 bridgehead atoms. The van der Waals surface area contributed by atoms with Crippen molar-refractivity contribution in [3.63, 3.8) is 0 Å². The number of furan rings is 1. The Balaban J connectivity index is 1.90. The minimum absolute atomic E-state index is 0.0743. The van der Waals surface area contributed by atoms with Crippen LogP contribution < -0.4 is 10.6 Å². The summed E-state index contributed by atoms with van der Waals surface area (Å²) >= 11 is 0. The lowest BCUT2D eigenvalue weighted by Crippen LogP contribution is -2.46. The lowest BCUT2D eigenvalue weighted by molar-refractivity contribution is 0.146. The van der Waals surface area contributed by atoms with E-state index in [4.69, 9.17) is 4.42 Å². The van der Waals surface area contributed by atoms with E-state index in [1.54, 1.807) is 34.1 Å². The van der Waals surface area contributed by atoms with Gasteiger partial charge in [-0.1, -0.05) is 6.42 Å². The van der Waals surface area contributed by atoms with Crippen molar-refractivity contribution in [2.45, 2.75) is 50.8 Å². The van der Waals surface area contributed by atoms with Crippen LogP contribution in [0.25, 0.3) is 0 Å². The van der Waals surface area contributed by atoms with E-state index in [1.807, 2.05) is 12.1 Å². The third-order valence-electron chi connectivity index (χ3n) is 4.99. The molecule has 154 valence electrons. The van der Waals surface area contributed by atoms with Crippen molar-refractivity contribution in [1.82, 2.24) is 15.5 Å². The van der Waals surface area contributed by atoms with Gasteiger partial charge in [-0.15, -0.1) is 0 Å². The van der Waals surface area contributed by atoms with Crippen LogP contribution in [0, 0.1) is 0 Å². The summed E-state index contributed by atoms with van der Waals surface area (Å²) in [5, 5.41) is 6.43. The molecule has 0 spiro atoms. The summed E-state index contributed by atoms with van der Waals surface area (Å²) < 4.78 is 29.4. The molecule has 1 aromatic rings. The van der Waals surface area contributed by atoms with Crippen LogP contribution in [0.2, 0.25) is 0 Å². The monoisotopic (exact) mass is 398 g/mol. The van der Waals surface area contributed by atoms with Gasteiger partial charge in [-0.2, -0.15) is 0 Å². The zero-order valence-electron chi connectivity index (χ0n) is 17.0. The molecule has 8 heteroatoms. The number of rotatable bonds is 7. The van der Waals surface area contributed by atoms with Crippen LogP contribution in [-0.2, 0) is 9.84 Å². The van der Waals surface area contributed by atoms with Gasteiger partial charge in [0.1, 0.15) is 5.76 Å². The molecule has 0 aromatic carbocycles. The van der Waals surface area contributed by atoms with Gasteiger partial charge in [-0.3, -0.25) is 9.89 Å².